The molecule has 0 unspecified atom stereocenters. The van der Waals surface area contributed by atoms with Crippen LogP contribution in [0.1, 0.15) is 38.9 Å². The van der Waals surface area contributed by atoms with E-state index in [1.165, 1.54) is 27.8 Å². The van der Waals surface area contributed by atoms with Crippen LogP contribution in [0.2, 0.25) is 0 Å². The summed E-state index contributed by atoms with van der Waals surface area (Å²) in [4.78, 5) is 0. The van der Waals surface area contributed by atoms with E-state index in [0.29, 0.717) is 5.75 Å². The largest absolute Gasteiger partial charge is 0.507 e. The fourth-order valence-corrected chi connectivity index (χ4v) is 5.49. The van der Waals surface area contributed by atoms with Gasteiger partial charge in [-0.25, -0.2) is 0 Å². The van der Waals surface area contributed by atoms with Gasteiger partial charge in [0.1, 0.15) is 5.75 Å². The molecule has 0 radical (unpaired) electrons. The molecule has 0 heterocycles. The minimum absolute atomic E-state index is 0.366. The van der Waals surface area contributed by atoms with Crippen molar-refractivity contribution in [2.45, 2.75) is 19.3 Å². The third-order valence-electron chi connectivity index (χ3n) is 6.46. The van der Waals surface area contributed by atoms with Crippen LogP contribution >= 0.6 is 31.9 Å². The Labute approximate surface area is 205 Å². The Morgan fingerprint density at radius 2 is 1.25 bits per heavy atom. The Balaban J connectivity index is 1.94. The highest BCUT2D eigenvalue weighted by molar-refractivity contribution is 9.10. The second-order valence-electron chi connectivity index (χ2n) is 8.34. The van der Waals surface area contributed by atoms with Gasteiger partial charge in [-0.15, -0.1) is 0 Å². The first kappa shape index (κ1) is 21.2. The number of hydrogen-bond acceptors (Lipinski definition) is 1. The number of hydrogen-bond donors (Lipinski definition) is 1. The summed E-state index contributed by atoms with van der Waals surface area (Å²) in [6.07, 6.45) is 2.38. The number of phenolic OH excluding ortho intramolecular Hbond substituents is 1. The molecule has 0 saturated heterocycles. The normalized spacial score (nSPS) is 14.2. The third-order valence-corrected chi connectivity index (χ3v) is 7.52. The van der Waals surface area contributed by atoms with E-state index in [4.69, 9.17) is 0 Å². The van der Waals surface area contributed by atoms with Crippen LogP contribution in [0.4, 0.5) is 0 Å². The SMILES string of the molecule is Cc1cc2c(c(C)c1O)C(c1ccc(Br)cc1)(c1ccc(Br)cc1)C=C2c1ccccc1. The molecule has 0 bridgehead atoms. The number of rotatable bonds is 3. The molecule has 1 nitrogen and oxygen atoms in total. The number of aryl methyl sites for hydroxylation is 1. The molecule has 0 aliphatic heterocycles. The monoisotopic (exact) mass is 544 g/mol. The molecule has 1 aliphatic rings. The van der Waals surface area contributed by atoms with Crippen molar-refractivity contribution in [3.8, 4) is 5.75 Å². The van der Waals surface area contributed by atoms with Gasteiger partial charge in [-0.1, -0.05) is 92.5 Å². The van der Waals surface area contributed by atoms with Crippen LogP contribution in [-0.4, -0.2) is 5.11 Å². The summed E-state index contributed by atoms with van der Waals surface area (Å²) < 4.78 is 2.09. The number of halogens is 2. The molecule has 4 aromatic rings. The van der Waals surface area contributed by atoms with Gasteiger partial charge in [0.2, 0.25) is 0 Å². The van der Waals surface area contributed by atoms with Gasteiger partial charge in [0.15, 0.2) is 0 Å². The maximum atomic E-state index is 11.0. The van der Waals surface area contributed by atoms with Crippen molar-refractivity contribution in [3.05, 3.63) is 139 Å². The fraction of sp³-hybridized carbons (Fsp3) is 0.103. The topological polar surface area (TPSA) is 20.2 Å². The van der Waals surface area contributed by atoms with Crippen LogP contribution in [0, 0.1) is 13.8 Å². The van der Waals surface area contributed by atoms with Gasteiger partial charge in [0.25, 0.3) is 0 Å². The minimum atomic E-state index is -0.517. The smallest absolute Gasteiger partial charge is 0.121 e. The molecule has 0 atom stereocenters. The summed E-state index contributed by atoms with van der Waals surface area (Å²) in [5.74, 6) is 0.366. The lowest BCUT2D eigenvalue weighted by molar-refractivity contribution is 0.465. The van der Waals surface area contributed by atoms with Crippen LogP contribution in [0.15, 0.2) is 100.0 Å². The first-order chi connectivity index (χ1) is 15.4. The minimum Gasteiger partial charge on any atom is -0.507 e. The van der Waals surface area contributed by atoms with Crippen LogP contribution in [0.25, 0.3) is 5.57 Å². The molecule has 0 saturated carbocycles. The van der Waals surface area contributed by atoms with Crippen LogP contribution in [0.3, 0.4) is 0 Å². The van der Waals surface area contributed by atoms with Crippen molar-refractivity contribution in [1.82, 2.24) is 0 Å². The van der Waals surface area contributed by atoms with Crippen molar-refractivity contribution < 1.29 is 5.11 Å². The van der Waals surface area contributed by atoms with Crippen LogP contribution < -0.4 is 0 Å². The molecule has 0 fully saturated rings. The van der Waals surface area contributed by atoms with Crippen molar-refractivity contribution in [1.29, 1.82) is 0 Å². The number of aromatic hydroxyl groups is 1. The van der Waals surface area contributed by atoms with E-state index in [-0.39, 0.29) is 0 Å². The predicted octanol–water partition coefficient (Wildman–Crippen LogP) is 8.31. The number of fused-ring (bicyclic) bond motifs is 1. The second kappa shape index (κ2) is 8.06. The van der Waals surface area contributed by atoms with Gasteiger partial charge < -0.3 is 5.11 Å². The Morgan fingerprint density at radius 3 is 1.78 bits per heavy atom. The fourth-order valence-electron chi connectivity index (χ4n) is 4.96. The quantitative estimate of drug-likeness (QED) is 0.274. The Hall–Kier alpha value is -2.62. The zero-order valence-electron chi connectivity index (χ0n) is 17.9. The summed E-state index contributed by atoms with van der Waals surface area (Å²) in [5, 5.41) is 11.0. The van der Waals surface area contributed by atoms with E-state index < -0.39 is 5.41 Å². The molecule has 3 heteroatoms. The zero-order valence-corrected chi connectivity index (χ0v) is 21.0. The van der Waals surface area contributed by atoms with Crippen LogP contribution in [0.5, 0.6) is 5.75 Å². The Bertz CT molecular complexity index is 1290. The third kappa shape index (κ3) is 3.27. The van der Waals surface area contributed by atoms with Gasteiger partial charge >= 0.3 is 0 Å². The molecule has 0 aromatic heterocycles. The standard InChI is InChI=1S/C29H22Br2O/c1-18-16-25-26(20-6-4-3-5-7-20)17-29(27(25)19(2)28(18)32,21-8-12-23(30)13-9-21)22-10-14-24(31)15-11-22/h3-17,32H,1-2H3. The molecule has 0 spiro atoms. The number of phenols is 1. The molecule has 4 aromatic carbocycles. The lowest BCUT2D eigenvalue weighted by atomic mass is 9.69. The van der Waals surface area contributed by atoms with Crippen molar-refractivity contribution in [2.75, 3.05) is 0 Å². The number of allylic oxidation sites excluding steroid dienone is 1. The summed E-state index contributed by atoms with van der Waals surface area (Å²) in [7, 11) is 0. The van der Waals surface area contributed by atoms with Gasteiger partial charge in [-0.05, 0) is 88.7 Å². The van der Waals surface area contributed by atoms with E-state index in [0.717, 1.165) is 25.6 Å². The van der Waals surface area contributed by atoms with E-state index in [2.05, 4.69) is 117 Å². The first-order valence-electron chi connectivity index (χ1n) is 10.6. The Morgan fingerprint density at radius 1 is 0.719 bits per heavy atom. The molecule has 1 aliphatic carbocycles. The summed E-state index contributed by atoms with van der Waals surface area (Å²) in [6, 6.07) is 29.7. The lowest BCUT2D eigenvalue weighted by Crippen LogP contribution is -2.26. The highest BCUT2D eigenvalue weighted by Gasteiger charge is 2.43. The molecular formula is C29H22Br2O. The molecular weight excluding hydrogens is 524 g/mol. The van der Waals surface area contributed by atoms with E-state index >= 15 is 0 Å². The highest BCUT2D eigenvalue weighted by Crippen LogP contribution is 2.54. The predicted molar refractivity (Wildman–Crippen MR) is 139 cm³/mol. The molecule has 1 N–H and O–H groups in total. The van der Waals surface area contributed by atoms with Gasteiger partial charge in [-0.2, -0.15) is 0 Å². The Kier molecular flexibility index (Phi) is 5.35. The summed E-state index contributed by atoms with van der Waals surface area (Å²) in [5.41, 5.74) is 8.32. The maximum absolute atomic E-state index is 11.0. The second-order valence-corrected chi connectivity index (χ2v) is 10.2. The van der Waals surface area contributed by atoms with Crippen molar-refractivity contribution in [2.24, 2.45) is 0 Å². The average Bonchev–Trinajstić information content (AvgIpc) is 3.15. The van der Waals surface area contributed by atoms with Crippen molar-refractivity contribution in [3.63, 3.8) is 0 Å². The molecule has 0 amide bonds. The molecule has 32 heavy (non-hydrogen) atoms. The lowest BCUT2D eigenvalue weighted by Gasteiger charge is -2.33. The highest BCUT2D eigenvalue weighted by atomic mass is 79.9. The van der Waals surface area contributed by atoms with Gasteiger partial charge in [0, 0.05) is 8.95 Å². The van der Waals surface area contributed by atoms with E-state index in [1.54, 1.807) is 0 Å². The first-order valence-corrected chi connectivity index (χ1v) is 12.1. The van der Waals surface area contributed by atoms with Gasteiger partial charge in [0.05, 0.1) is 5.41 Å². The van der Waals surface area contributed by atoms with Crippen LogP contribution in [-0.2, 0) is 5.41 Å². The maximum Gasteiger partial charge on any atom is 0.121 e. The zero-order chi connectivity index (χ0) is 22.5. The molecule has 158 valence electrons. The summed E-state index contributed by atoms with van der Waals surface area (Å²) >= 11 is 7.18. The summed E-state index contributed by atoms with van der Waals surface area (Å²) in [6.45, 7) is 4.01. The number of benzene rings is 4. The average molecular weight is 546 g/mol. The van der Waals surface area contributed by atoms with E-state index in [9.17, 15) is 5.11 Å². The van der Waals surface area contributed by atoms with E-state index in [1.807, 2.05) is 19.9 Å². The molecule has 5 rings (SSSR count). The van der Waals surface area contributed by atoms with Crippen molar-refractivity contribution >= 4 is 37.4 Å². The van der Waals surface area contributed by atoms with Gasteiger partial charge in [-0.3, -0.25) is 0 Å².